The summed E-state index contributed by atoms with van der Waals surface area (Å²) in [5, 5.41) is 2.99. The van der Waals surface area contributed by atoms with Crippen LogP contribution in [0, 0.1) is 0 Å². The zero-order valence-corrected chi connectivity index (χ0v) is 17.9. The quantitative estimate of drug-likeness (QED) is 0.722. The average molecular weight is 450 g/mol. The highest BCUT2D eigenvalue weighted by atomic mass is 35.5. The van der Waals surface area contributed by atoms with Crippen LogP contribution in [0.2, 0.25) is 5.02 Å². The Morgan fingerprint density at radius 3 is 2.37 bits per heavy atom. The summed E-state index contributed by atoms with van der Waals surface area (Å²) in [5.74, 6) is -1.86. The van der Waals surface area contributed by atoms with Crippen LogP contribution < -0.4 is 5.32 Å². The molecule has 3 amide bonds. The second kappa shape index (κ2) is 8.45. The van der Waals surface area contributed by atoms with E-state index in [2.05, 4.69) is 5.32 Å². The van der Waals surface area contributed by atoms with Crippen LogP contribution in [-0.4, -0.2) is 55.0 Å². The van der Waals surface area contributed by atoms with E-state index in [1.54, 1.807) is 30.3 Å². The van der Waals surface area contributed by atoms with Gasteiger partial charge in [-0.05, 0) is 36.8 Å². The molecule has 0 bridgehead atoms. The number of hydrogen-bond donors (Lipinski definition) is 1. The third kappa shape index (κ3) is 4.03. The Morgan fingerprint density at radius 1 is 1.13 bits per heavy atom. The number of likely N-dealkylation sites (N-methyl/N-ethyl adjacent to an activating group) is 1. The monoisotopic (exact) mass is 449 g/mol. The van der Waals surface area contributed by atoms with E-state index < -0.39 is 40.3 Å². The van der Waals surface area contributed by atoms with Gasteiger partial charge in [-0.1, -0.05) is 35.9 Å². The van der Waals surface area contributed by atoms with E-state index in [1.165, 1.54) is 37.1 Å². The molecule has 0 radical (unpaired) electrons. The molecule has 0 spiro atoms. The van der Waals surface area contributed by atoms with Crippen molar-refractivity contribution in [1.29, 1.82) is 0 Å². The molecule has 0 aromatic heterocycles. The maximum atomic E-state index is 13.1. The van der Waals surface area contributed by atoms with Crippen LogP contribution in [0.25, 0.3) is 0 Å². The van der Waals surface area contributed by atoms with E-state index in [4.69, 9.17) is 11.6 Å². The molecule has 1 unspecified atom stereocenters. The first-order valence-corrected chi connectivity index (χ1v) is 10.9. The molecule has 3 rings (SSSR count). The third-order valence-corrected chi connectivity index (χ3v) is 6.91. The van der Waals surface area contributed by atoms with Crippen LogP contribution in [0.1, 0.15) is 22.8 Å². The van der Waals surface area contributed by atoms with Gasteiger partial charge in [-0.3, -0.25) is 14.4 Å². The van der Waals surface area contributed by atoms with Gasteiger partial charge in [0.15, 0.2) is 0 Å². The molecule has 0 saturated heterocycles. The van der Waals surface area contributed by atoms with Gasteiger partial charge in [0.2, 0.25) is 11.8 Å². The lowest BCUT2D eigenvalue weighted by Crippen LogP contribution is -2.50. The van der Waals surface area contributed by atoms with Gasteiger partial charge in [-0.25, -0.2) is 12.7 Å². The zero-order chi connectivity index (χ0) is 22.1. The number of halogens is 1. The van der Waals surface area contributed by atoms with Crippen molar-refractivity contribution in [3.8, 4) is 0 Å². The number of rotatable bonds is 6. The summed E-state index contributed by atoms with van der Waals surface area (Å²) in [5.41, 5.74) is 0.719. The molecular formula is C20H20ClN3O5S. The highest BCUT2D eigenvalue weighted by Gasteiger charge is 2.43. The molecular weight excluding hydrogens is 430 g/mol. The number of amides is 3. The molecule has 0 aliphatic carbocycles. The van der Waals surface area contributed by atoms with E-state index >= 15 is 0 Å². The van der Waals surface area contributed by atoms with Gasteiger partial charge in [-0.2, -0.15) is 0 Å². The van der Waals surface area contributed by atoms with Crippen LogP contribution in [-0.2, 0) is 26.2 Å². The second-order valence-corrected chi connectivity index (χ2v) is 9.02. The fourth-order valence-electron chi connectivity index (χ4n) is 3.18. The van der Waals surface area contributed by atoms with Crippen LogP contribution in [0.3, 0.4) is 0 Å². The fourth-order valence-corrected chi connectivity index (χ4v) is 4.82. The average Bonchev–Trinajstić information content (AvgIpc) is 2.93. The largest absolute Gasteiger partial charge is 0.357 e. The number of nitrogens with zero attached hydrogens (tertiary/aromatic N) is 2. The standard InChI is InChI=1S/C20H20ClN3O5S/c1-13(19(26)22-2)23(11-14-7-9-15(21)10-8-14)18(25)12-24-20(27)16-5-3-4-6-17(16)30(24,28)29/h3-10,13H,11-12H2,1-2H3,(H,22,26). The van der Waals surface area contributed by atoms with Gasteiger partial charge in [-0.15, -0.1) is 0 Å². The predicted octanol–water partition coefficient (Wildman–Crippen LogP) is 1.65. The van der Waals surface area contributed by atoms with Crippen molar-refractivity contribution in [2.24, 2.45) is 0 Å². The number of benzene rings is 2. The number of carbonyl (C=O) groups excluding carboxylic acids is 3. The maximum absolute atomic E-state index is 13.1. The number of fused-ring (bicyclic) bond motifs is 1. The van der Waals surface area contributed by atoms with E-state index in [1.807, 2.05) is 0 Å². The van der Waals surface area contributed by atoms with Gasteiger partial charge in [0.05, 0.1) is 5.56 Å². The molecule has 1 N–H and O–H groups in total. The minimum Gasteiger partial charge on any atom is -0.357 e. The summed E-state index contributed by atoms with van der Waals surface area (Å²) < 4.78 is 26.0. The molecule has 0 saturated carbocycles. The van der Waals surface area contributed by atoms with Gasteiger partial charge in [0.25, 0.3) is 15.9 Å². The molecule has 1 aliphatic rings. The number of carbonyl (C=O) groups is 3. The highest BCUT2D eigenvalue weighted by molar-refractivity contribution is 7.90. The Bertz CT molecular complexity index is 1100. The summed E-state index contributed by atoms with van der Waals surface area (Å²) in [6.45, 7) is 0.867. The smallest absolute Gasteiger partial charge is 0.269 e. The van der Waals surface area contributed by atoms with E-state index in [0.717, 1.165) is 0 Å². The first-order chi connectivity index (χ1) is 14.2. The van der Waals surface area contributed by atoms with Crippen LogP contribution >= 0.6 is 11.6 Å². The zero-order valence-electron chi connectivity index (χ0n) is 16.3. The van der Waals surface area contributed by atoms with Crippen molar-refractivity contribution in [3.63, 3.8) is 0 Å². The number of hydrogen-bond acceptors (Lipinski definition) is 5. The Labute approximate surface area is 179 Å². The fraction of sp³-hybridized carbons (Fsp3) is 0.250. The van der Waals surface area contributed by atoms with Gasteiger partial charge >= 0.3 is 0 Å². The van der Waals surface area contributed by atoms with Crippen molar-refractivity contribution in [1.82, 2.24) is 14.5 Å². The highest BCUT2D eigenvalue weighted by Crippen LogP contribution is 2.30. The summed E-state index contributed by atoms with van der Waals surface area (Å²) in [4.78, 5) is 39.0. The van der Waals surface area contributed by atoms with Crippen LogP contribution in [0.15, 0.2) is 53.4 Å². The first-order valence-electron chi connectivity index (χ1n) is 9.08. The molecule has 1 aliphatic heterocycles. The lowest BCUT2D eigenvalue weighted by atomic mass is 10.1. The van der Waals surface area contributed by atoms with Gasteiger partial charge in [0, 0.05) is 18.6 Å². The second-order valence-electron chi connectivity index (χ2n) is 6.75. The summed E-state index contributed by atoms with van der Waals surface area (Å²) >= 11 is 5.90. The number of sulfonamides is 1. The Morgan fingerprint density at radius 2 is 1.77 bits per heavy atom. The molecule has 2 aromatic rings. The topological polar surface area (TPSA) is 104 Å². The summed E-state index contributed by atoms with van der Waals surface area (Å²) in [6.07, 6.45) is 0. The molecule has 10 heteroatoms. The van der Waals surface area contributed by atoms with Crippen LogP contribution in [0.4, 0.5) is 0 Å². The molecule has 30 heavy (non-hydrogen) atoms. The van der Waals surface area contributed by atoms with E-state index in [-0.39, 0.29) is 17.0 Å². The first kappa shape index (κ1) is 21.8. The SMILES string of the molecule is CNC(=O)C(C)N(Cc1ccc(Cl)cc1)C(=O)CN1C(=O)c2ccccc2S1(=O)=O. The van der Waals surface area contributed by atoms with Gasteiger partial charge in [0.1, 0.15) is 17.5 Å². The Hall–Kier alpha value is -2.91. The molecule has 0 fully saturated rings. The molecule has 1 atom stereocenters. The van der Waals surface area contributed by atoms with E-state index in [9.17, 15) is 22.8 Å². The lowest BCUT2D eigenvalue weighted by molar-refractivity contribution is -0.140. The van der Waals surface area contributed by atoms with Crippen molar-refractivity contribution < 1.29 is 22.8 Å². The van der Waals surface area contributed by atoms with Crippen LogP contribution in [0.5, 0.6) is 0 Å². The minimum absolute atomic E-state index is 0.0221. The molecule has 1 heterocycles. The molecule has 158 valence electrons. The van der Waals surface area contributed by atoms with Crippen molar-refractivity contribution in [3.05, 3.63) is 64.7 Å². The predicted molar refractivity (Wildman–Crippen MR) is 110 cm³/mol. The third-order valence-electron chi connectivity index (χ3n) is 4.87. The van der Waals surface area contributed by atoms with E-state index in [0.29, 0.717) is 14.9 Å². The molecule has 2 aromatic carbocycles. The lowest BCUT2D eigenvalue weighted by Gasteiger charge is -2.29. The maximum Gasteiger partial charge on any atom is 0.269 e. The van der Waals surface area contributed by atoms with Gasteiger partial charge < -0.3 is 10.2 Å². The minimum atomic E-state index is -4.14. The Kier molecular flexibility index (Phi) is 6.14. The van der Waals surface area contributed by atoms with Crippen molar-refractivity contribution >= 4 is 39.3 Å². The Balaban J connectivity index is 1.89. The van der Waals surface area contributed by atoms with Crippen molar-refractivity contribution in [2.75, 3.05) is 13.6 Å². The number of nitrogens with one attached hydrogen (secondary N) is 1. The van der Waals surface area contributed by atoms with Crippen molar-refractivity contribution in [2.45, 2.75) is 24.4 Å². The summed E-state index contributed by atoms with van der Waals surface area (Å²) in [6, 6.07) is 11.6. The summed E-state index contributed by atoms with van der Waals surface area (Å²) in [7, 11) is -2.70. The normalized spacial score (nSPS) is 15.4. The molecule has 8 nitrogen and oxygen atoms in total.